The molecule has 0 radical (unpaired) electrons. The van der Waals surface area contributed by atoms with Crippen LogP contribution in [0.25, 0.3) is 10.8 Å². The van der Waals surface area contributed by atoms with Crippen LogP contribution in [0.4, 0.5) is 17.1 Å². The molecule has 1 saturated heterocycles. The minimum absolute atomic E-state index is 0.000772. The maximum atomic E-state index is 11.5. The molecular formula is C33H23N3O2. The molecule has 5 heteroatoms. The fourth-order valence-electron chi connectivity index (χ4n) is 7.17. The summed E-state index contributed by atoms with van der Waals surface area (Å²) in [5.41, 5.74) is 8.19. The largest absolute Gasteiger partial charge is 0.353 e. The van der Waals surface area contributed by atoms with Crippen molar-refractivity contribution in [2.45, 2.75) is 23.9 Å². The number of benzene rings is 5. The van der Waals surface area contributed by atoms with E-state index in [1.54, 1.807) is 12.1 Å². The van der Waals surface area contributed by atoms with Crippen molar-refractivity contribution in [3.8, 4) is 0 Å². The van der Waals surface area contributed by atoms with Crippen LogP contribution in [0.1, 0.15) is 40.1 Å². The van der Waals surface area contributed by atoms with Crippen LogP contribution in [0.5, 0.6) is 0 Å². The first-order chi connectivity index (χ1) is 18.7. The summed E-state index contributed by atoms with van der Waals surface area (Å²) in [7, 11) is 0. The lowest BCUT2D eigenvalue weighted by Crippen LogP contribution is -2.42. The summed E-state index contributed by atoms with van der Waals surface area (Å²) >= 11 is 0. The zero-order chi connectivity index (χ0) is 25.4. The van der Waals surface area contributed by atoms with Crippen LogP contribution in [-0.2, 0) is 0 Å². The maximum Gasteiger partial charge on any atom is 0.269 e. The fraction of sp³-hybridized carbons (Fsp3) is 0.121. The van der Waals surface area contributed by atoms with Gasteiger partial charge in [0.2, 0.25) is 0 Å². The molecule has 0 bridgehead atoms. The van der Waals surface area contributed by atoms with Crippen LogP contribution in [0, 0.1) is 10.1 Å². The van der Waals surface area contributed by atoms with Crippen LogP contribution < -0.4 is 4.90 Å². The van der Waals surface area contributed by atoms with Crippen molar-refractivity contribution in [2.24, 2.45) is 4.99 Å². The lowest BCUT2D eigenvalue weighted by molar-refractivity contribution is -0.384. The molecule has 5 aromatic rings. The molecule has 3 aliphatic rings. The number of para-hydroxylation sites is 2. The Labute approximate surface area is 219 Å². The molecule has 38 heavy (non-hydrogen) atoms. The van der Waals surface area contributed by atoms with E-state index in [1.807, 2.05) is 24.3 Å². The maximum absolute atomic E-state index is 11.5. The Bertz CT molecular complexity index is 1770. The van der Waals surface area contributed by atoms with Crippen molar-refractivity contribution < 1.29 is 4.92 Å². The molecule has 1 aliphatic carbocycles. The van der Waals surface area contributed by atoms with Gasteiger partial charge in [-0.05, 0) is 45.2 Å². The second-order valence-corrected chi connectivity index (χ2v) is 10.3. The topological polar surface area (TPSA) is 58.7 Å². The highest BCUT2D eigenvalue weighted by Gasteiger charge is 2.57. The van der Waals surface area contributed by atoms with E-state index in [4.69, 9.17) is 4.99 Å². The van der Waals surface area contributed by atoms with Crippen LogP contribution in [-0.4, -0.2) is 16.7 Å². The predicted octanol–water partition coefficient (Wildman–Crippen LogP) is 7.69. The molecule has 2 aliphatic heterocycles. The van der Waals surface area contributed by atoms with E-state index < -0.39 is 0 Å². The highest BCUT2D eigenvalue weighted by Crippen LogP contribution is 2.64. The third kappa shape index (κ3) is 2.84. The molecule has 2 heterocycles. The van der Waals surface area contributed by atoms with Gasteiger partial charge < -0.3 is 4.90 Å². The fourth-order valence-corrected chi connectivity index (χ4v) is 7.17. The highest BCUT2D eigenvalue weighted by atomic mass is 16.6. The van der Waals surface area contributed by atoms with Gasteiger partial charge >= 0.3 is 0 Å². The summed E-state index contributed by atoms with van der Waals surface area (Å²) in [6, 6.07) is 39.4. The van der Waals surface area contributed by atoms with E-state index in [9.17, 15) is 10.1 Å². The van der Waals surface area contributed by atoms with E-state index in [0.29, 0.717) is 0 Å². The Morgan fingerprint density at radius 1 is 0.684 bits per heavy atom. The van der Waals surface area contributed by atoms with Crippen LogP contribution in [0.2, 0.25) is 0 Å². The van der Waals surface area contributed by atoms with Gasteiger partial charge in [0.25, 0.3) is 5.69 Å². The molecule has 0 N–H and O–H groups in total. The standard InChI is InChI=1S/C33H23N3O2/c37-36(38)23-18-16-22(17-19-23)32-29-24-12-6-10-20-11-7-13-25(28(20)24)30(29)33-31(21-8-2-1-3-9-21)34-26-14-4-5-15-27(26)35(32)33/h1-19,29-30,32-33H. The average Bonchev–Trinajstić information content (AvgIpc) is 3.48. The number of non-ortho nitro benzene ring substituents is 1. The summed E-state index contributed by atoms with van der Waals surface area (Å²) in [5, 5.41) is 14.1. The minimum Gasteiger partial charge on any atom is -0.353 e. The highest BCUT2D eigenvalue weighted by molar-refractivity contribution is 6.12. The smallest absolute Gasteiger partial charge is 0.269 e. The van der Waals surface area contributed by atoms with Crippen LogP contribution >= 0.6 is 0 Å². The summed E-state index contributed by atoms with van der Waals surface area (Å²) in [6.07, 6.45) is 0. The molecule has 0 aromatic heterocycles. The summed E-state index contributed by atoms with van der Waals surface area (Å²) < 4.78 is 0. The van der Waals surface area contributed by atoms with Crippen molar-refractivity contribution in [3.63, 3.8) is 0 Å². The summed E-state index contributed by atoms with van der Waals surface area (Å²) in [6.45, 7) is 0. The Morgan fingerprint density at radius 2 is 1.34 bits per heavy atom. The molecule has 0 spiro atoms. The number of aliphatic imine (C=N–C) groups is 1. The Balaban J connectivity index is 1.43. The molecule has 8 rings (SSSR count). The van der Waals surface area contributed by atoms with Gasteiger partial charge in [-0.2, -0.15) is 0 Å². The van der Waals surface area contributed by atoms with Crippen molar-refractivity contribution in [3.05, 3.63) is 148 Å². The zero-order valence-electron chi connectivity index (χ0n) is 20.4. The number of rotatable bonds is 3. The number of hydrogen-bond acceptors (Lipinski definition) is 4. The number of anilines is 1. The molecule has 4 unspecified atom stereocenters. The van der Waals surface area contributed by atoms with Gasteiger partial charge in [0.15, 0.2) is 0 Å². The monoisotopic (exact) mass is 493 g/mol. The lowest BCUT2D eigenvalue weighted by atomic mass is 9.80. The van der Waals surface area contributed by atoms with Gasteiger partial charge in [-0.1, -0.05) is 91.0 Å². The lowest BCUT2D eigenvalue weighted by Gasteiger charge is -2.39. The molecule has 5 nitrogen and oxygen atoms in total. The third-order valence-corrected chi connectivity index (χ3v) is 8.55. The average molecular weight is 494 g/mol. The third-order valence-electron chi connectivity index (χ3n) is 8.55. The normalized spacial score (nSPS) is 22.5. The van der Waals surface area contributed by atoms with Gasteiger partial charge in [-0.15, -0.1) is 0 Å². The van der Waals surface area contributed by atoms with Gasteiger partial charge in [0.05, 0.1) is 34.1 Å². The SMILES string of the molecule is O=[N+]([O-])c1ccc(C2C3c4cccc5cccc(c45)C3C3C(c4ccccc4)=Nc4ccccc4N32)cc1. The van der Waals surface area contributed by atoms with Crippen LogP contribution in [0.15, 0.2) is 120 Å². The van der Waals surface area contributed by atoms with Gasteiger partial charge in [0.1, 0.15) is 0 Å². The van der Waals surface area contributed by atoms with E-state index in [-0.39, 0.29) is 34.5 Å². The first kappa shape index (κ1) is 21.3. The zero-order valence-corrected chi connectivity index (χ0v) is 20.4. The number of hydrogen-bond donors (Lipinski definition) is 0. The van der Waals surface area contributed by atoms with E-state index in [1.165, 1.54) is 21.9 Å². The quantitative estimate of drug-likeness (QED) is 0.191. The molecule has 0 amide bonds. The summed E-state index contributed by atoms with van der Waals surface area (Å²) in [5.74, 6) is 0.381. The molecule has 182 valence electrons. The molecule has 5 aromatic carbocycles. The van der Waals surface area contributed by atoms with Crippen LogP contribution in [0.3, 0.4) is 0 Å². The molecule has 0 saturated carbocycles. The van der Waals surface area contributed by atoms with E-state index >= 15 is 0 Å². The number of nitro benzene ring substituents is 1. The Kier molecular flexibility index (Phi) is 4.41. The molecular weight excluding hydrogens is 470 g/mol. The number of fused-ring (bicyclic) bond motifs is 7. The predicted molar refractivity (Wildman–Crippen MR) is 151 cm³/mol. The Hall–Kier alpha value is -4.77. The van der Waals surface area contributed by atoms with E-state index in [2.05, 4.69) is 83.8 Å². The van der Waals surface area contributed by atoms with E-state index in [0.717, 1.165) is 28.2 Å². The number of nitrogens with zero attached hydrogens (tertiary/aromatic N) is 3. The minimum atomic E-state index is -0.327. The Morgan fingerprint density at radius 3 is 2.05 bits per heavy atom. The van der Waals surface area contributed by atoms with Crippen molar-refractivity contribution in [1.82, 2.24) is 0 Å². The second kappa shape index (κ2) is 7.86. The summed E-state index contributed by atoms with van der Waals surface area (Å²) in [4.78, 5) is 19.0. The number of nitro groups is 1. The van der Waals surface area contributed by atoms with Gasteiger partial charge in [0, 0.05) is 24.0 Å². The first-order valence-corrected chi connectivity index (χ1v) is 13.0. The molecule has 1 fully saturated rings. The first-order valence-electron chi connectivity index (χ1n) is 13.0. The van der Waals surface area contributed by atoms with Crippen molar-refractivity contribution in [2.75, 3.05) is 4.90 Å². The van der Waals surface area contributed by atoms with Crippen molar-refractivity contribution in [1.29, 1.82) is 0 Å². The second-order valence-electron chi connectivity index (χ2n) is 10.3. The van der Waals surface area contributed by atoms with Gasteiger partial charge in [-0.25, -0.2) is 4.99 Å². The van der Waals surface area contributed by atoms with Crippen molar-refractivity contribution >= 4 is 33.5 Å². The molecule has 4 atom stereocenters. The van der Waals surface area contributed by atoms with Gasteiger partial charge in [-0.3, -0.25) is 10.1 Å².